The summed E-state index contributed by atoms with van der Waals surface area (Å²) in [6.07, 6.45) is 16.9. The van der Waals surface area contributed by atoms with Crippen LogP contribution in [0, 0.1) is 22.7 Å². The topological polar surface area (TPSA) is 0 Å². The molecule has 0 saturated heterocycles. The average molecular weight is 284 g/mol. The predicted molar refractivity (Wildman–Crippen MR) is 90.1 cm³/mol. The maximum atomic E-state index is 2.64. The van der Waals surface area contributed by atoms with Crippen molar-refractivity contribution in [1.29, 1.82) is 0 Å². The summed E-state index contributed by atoms with van der Waals surface area (Å²) in [5.41, 5.74) is 6.76. The Morgan fingerprint density at radius 2 is 1.90 bits per heavy atom. The van der Waals surface area contributed by atoms with E-state index in [9.17, 15) is 0 Å². The molecule has 1 saturated carbocycles. The largest absolute Gasteiger partial charge is 0.0841 e. The Morgan fingerprint density at radius 1 is 1.05 bits per heavy atom. The Labute approximate surface area is 131 Å². The molecule has 0 amide bonds. The van der Waals surface area contributed by atoms with E-state index in [1.54, 1.807) is 5.57 Å². The lowest BCUT2D eigenvalue weighted by Crippen LogP contribution is -2.42. The third-order valence-electron chi connectivity index (χ3n) is 8.04. The average Bonchev–Trinajstić information content (AvgIpc) is 2.83. The summed E-state index contributed by atoms with van der Waals surface area (Å²) in [4.78, 5) is 0. The minimum atomic E-state index is 0.519. The molecule has 4 aliphatic rings. The maximum absolute atomic E-state index is 2.64. The molecule has 0 aromatic carbocycles. The lowest BCUT2D eigenvalue weighted by molar-refractivity contribution is 0.104. The van der Waals surface area contributed by atoms with E-state index in [4.69, 9.17) is 0 Å². The highest BCUT2D eigenvalue weighted by Crippen LogP contribution is 2.63. The fourth-order valence-corrected chi connectivity index (χ4v) is 6.72. The molecular weight excluding hydrogens is 252 g/mol. The molecule has 0 nitrogen and oxygen atoms in total. The second kappa shape index (κ2) is 4.74. The quantitative estimate of drug-likeness (QED) is 0.487. The van der Waals surface area contributed by atoms with Crippen LogP contribution in [0.15, 0.2) is 22.8 Å². The summed E-state index contributed by atoms with van der Waals surface area (Å²) in [6.45, 7) is 7.58. The molecular formula is C21H32. The fourth-order valence-electron chi connectivity index (χ4n) is 6.72. The first-order chi connectivity index (χ1) is 10.1. The minimum Gasteiger partial charge on any atom is -0.0841 e. The van der Waals surface area contributed by atoms with Crippen LogP contribution in [0.2, 0.25) is 0 Å². The van der Waals surface area contributed by atoms with Gasteiger partial charge in [-0.05, 0) is 74.0 Å². The first kappa shape index (κ1) is 14.1. The molecule has 116 valence electrons. The summed E-state index contributed by atoms with van der Waals surface area (Å²) in [6, 6.07) is 0. The molecule has 0 aromatic rings. The third kappa shape index (κ3) is 1.80. The highest BCUT2D eigenvalue weighted by Gasteiger charge is 2.51. The van der Waals surface area contributed by atoms with E-state index < -0.39 is 0 Å². The van der Waals surface area contributed by atoms with Crippen LogP contribution in [-0.2, 0) is 0 Å². The summed E-state index contributed by atoms with van der Waals surface area (Å²) in [5.74, 6) is 1.88. The van der Waals surface area contributed by atoms with Gasteiger partial charge in [-0.15, -0.1) is 0 Å². The van der Waals surface area contributed by atoms with E-state index in [1.807, 2.05) is 11.1 Å². The third-order valence-corrected chi connectivity index (χ3v) is 8.04. The van der Waals surface area contributed by atoms with Gasteiger partial charge in [-0.1, -0.05) is 56.4 Å². The van der Waals surface area contributed by atoms with E-state index in [-0.39, 0.29) is 0 Å². The number of rotatable bonds is 1. The standard InChI is InChI=1S/C21H32/c1-4-15-9-11-18-17-10-8-16-7-5-6-13-20(16,2)19(17)12-14-21(15,18)3/h9,16,18H,4-8,10-14H2,1-3H3. The fraction of sp³-hybridized carbons (Fsp3) is 0.810. The van der Waals surface area contributed by atoms with Gasteiger partial charge in [-0.25, -0.2) is 0 Å². The first-order valence-corrected chi connectivity index (χ1v) is 9.51. The van der Waals surface area contributed by atoms with Gasteiger partial charge in [0, 0.05) is 0 Å². The van der Waals surface area contributed by atoms with Gasteiger partial charge in [0.2, 0.25) is 0 Å². The highest BCUT2D eigenvalue weighted by molar-refractivity contribution is 5.39. The van der Waals surface area contributed by atoms with E-state index in [1.165, 1.54) is 64.2 Å². The zero-order valence-electron chi connectivity index (χ0n) is 14.3. The van der Waals surface area contributed by atoms with Gasteiger partial charge in [-0.2, -0.15) is 0 Å². The monoisotopic (exact) mass is 284 g/mol. The van der Waals surface area contributed by atoms with Crippen molar-refractivity contribution in [2.24, 2.45) is 22.7 Å². The molecule has 0 aromatic heterocycles. The number of allylic oxidation sites excluding steroid dienone is 4. The second-order valence-electron chi connectivity index (χ2n) is 8.69. The van der Waals surface area contributed by atoms with Gasteiger partial charge < -0.3 is 0 Å². The maximum Gasteiger partial charge on any atom is -0.00450 e. The van der Waals surface area contributed by atoms with E-state index in [0.717, 1.165) is 11.8 Å². The molecule has 4 unspecified atom stereocenters. The van der Waals surface area contributed by atoms with Gasteiger partial charge >= 0.3 is 0 Å². The van der Waals surface area contributed by atoms with Gasteiger partial charge in [0.15, 0.2) is 0 Å². The summed E-state index contributed by atoms with van der Waals surface area (Å²) in [5, 5.41) is 0. The van der Waals surface area contributed by atoms with E-state index in [0.29, 0.717) is 10.8 Å². The Hall–Kier alpha value is -0.520. The summed E-state index contributed by atoms with van der Waals surface area (Å²) in [7, 11) is 0. The van der Waals surface area contributed by atoms with Crippen molar-refractivity contribution in [2.45, 2.75) is 85.0 Å². The Balaban J connectivity index is 1.74. The van der Waals surface area contributed by atoms with Gasteiger partial charge in [0.05, 0.1) is 0 Å². The molecule has 0 N–H and O–H groups in total. The molecule has 0 bridgehead atoms. The molecule has 0 heterocycles. The van der Waals surface area contributed by atoms with Gasteiger partial charge in [0.25, 0.3) is 0 Å². The summed E-state index contributed by atoms with van der Waals surface area (Å²) < 4.78 is 0. The summed E-state index contributed by atoms with van der Waals surface area (Å²) >= 11 is 0. The second-order valence-corrected chi connectivity index (χ2v) is 8.69. The number of fused-ring (bicyclic) bond motifs is 4. The van der Waals surface area contributed by atoms with Crippen molar-refractivity contribution in [3.05, 3.63) is 22.8 Å². The highest BCUT2D eigenvalue weighted by atomic mass is 14.6. The predicted octanol–water partition coefficient (Wildman–Crippen LogP) is 6.43. The van der Waals surface area contributed by atoms with Crippen molar-refractivity contribution in [1.82, 2.24) is 0 Å². The lowest BCUT2D eigenvalue weighted by Gasteiger charge is -2.53. The molecule has 0 spiro atoms. The Kier molecular flexibility index (Phi) is 3.18. The Morgan fingerprint density at radius 3 is 2.71 bits per heavy atom. The van der Waals surface area contributed by atoms with Gasteiger partial charge in [0.1, 0.15) is 0 Å². The van der Waals surface area contributed by atoms with Crippen LogP contribution in [-0.4, -0.2) is 0 Å². The molecule has 4 rings (SSSR count). The van der Waals surface area contributed by atoms with Crippen molar-refractivity contribution in [3.8, 4) is 0 Å². The molecule has 4 aliphatic carbocycles. The van der Waals surface area contributed by atoms with Crippen molar-refractivity contribution < 1.29 is 0 Å². The van der Waals surface area contributed by atoms with Crippen molar-refractivity contribution in [3.63, 3.8) is 0 Å². The van der Waals surface area contributed by atoms with Crippen LogP contribution in [0.1, 0.15) is 85.0 Å². The van der Waals surface area contributed by atoms with Crippen molar-refractivity contribution >= 4 is 0 Å². The van der Waals surface area contributed by atoms with Crippen LogP contribution in [0.25, 0.3) is 0 Å². The lowest BCUT2D eigenvalue weighted by atomic mass is 9.51. The molecule has 0 radical (unpaired) electrons. The van der Waals surface area contributed by atoms with Crippen LogP contribution >= 0.6 is 0 Å². The van der Waals surface area contributed by atoms with Crippen LogP contribution in [0.5, 0.6) is 0 Å². The molecule has 0 heteroatoms. The SMILES string of the molecule is CCC1=CCC2C3=C(CCC12C)C1(C)CCCCC1CC3. The molecule has 0 aliphatic heterocycles. The smallest absolute Gasteiger partial charge is 0.00450 e. The van der Waals surface area contributed by atoms with E-state index in [2.05, 4.69) is 26.8 Å². The molecule has 1 fully saturated rings. The van der Waals surface area contributed by atoms with E-state index >= 15 is 0 Å². The molecule has 4 atom stereocenters. The normalized spacial score (nSPS) is 45.8. The number of hydrogen-bond donors (Lipinski definition) is 0. The van der Waals surface area contributed by atoms with Crippen LogP contribution in [0.4, 0.5) is 0 Å². The van der Waals surface area contributed by atoms with Crippen molar-refractivity contribution in [2.75, 3.05) is 0 Å². The van der Waals surface area contributed by atoms with Crippen LogP contribution in [0.3, 0.4) is 0 Å². The Bertz CT molecular complexity index is 508. The number of hydrogen-bond acceptors (Lipinski definition) is 0. The zero-order valence-corrected chi connectivity index (χ0v) is 14.3. The van der Waals surface area contributed by atoms with Crippen LogP contribution < -0.4 is 0 Å². The zero-order chi connectivity index (χ0) is 14.7. The minimum absolute atomic E-state index is 0.519. The first-order valence-electron chi connectivity index (χ1n) is 9.51. The van der Waals surface area contributed by atoms with Gasteiger partial charge in [-0.3, -0.25) is 0 Å². The molecule has 21 heavy (non-hydrogen) atoms.